The van der Waals surface area contributed by atoms with Crippen LogP contribution in [-0.4, -0.2) is 92.1 Å². The number of unbranched alkanes of at least 4 members (excludes halogenated alkanes) is 1. The first kappa shape index (κ1) is 27.2. The molecule has 0 aromatic rings. The Morgan fingerprint density at radius 2 is 1.30 bits per heavy atom. The number of amides is 4. The molecule has 13 heteroatoms. The number of nitrogens with one attached hydrogen (secondary N) is 2. The molecule has 0 aliphatic rings. The molecule has 0 heterocycles. The molecule has 0 fully saturated rings. The molecule has 30 heavy (non-hydrogen) atoms. The molecule has 0 radical (unpaired) electrons. The molecular formula is C17H30N4O9. The van der Waals surface area contributed by atoms with Crippen LogP contribution >= 0.6 is 0 Å². The maximum atomic E-state index is 12.2. The summed E-state index contributed by atoms with van der Waals surface area (Å²) >= 11 is 0. The first-order valence-corrected chi connectivity index (χ1v) is 9.32. The molecule has 0 aliphatic heterocycles. The van der Waals surface area contributed by atoms with E-state index in [4.69, 9.17) is 5.11 Å². The summed E-state index contributed by atoms with van der Waals surface area (Å²) in [6.45, 7) is 2.41. The first-order chi connectivity index (χ1) is 13.9. The molecule has 0 saturated heterocycles. The number of hydrogen-bond acceptors (Lipinski definition) is 8. The molecule has 6 N–H and O–H groups in total. The SMILES string of the molecule is CC(=O)N(O)CCCCNC(=O)[C@@](O)(CC(=O)O)CC(=O)NCCCN(O)C(C)=O. The van der Waals surface area contributed by atoms with Crippen LogP contribution in [0.1, 0.15) is 46.0 Å². The molecule has 0 saturated carbocycles. The Hall–Kier alpha value is -2.77. The standard InChI is InChI=1S/C17H30N4O9/c1-12(22)20(29)8-4-3-6-19-16(27)17(28,11-15(25)26)10-14(24)18-7-5-9-21(30)13(2)23/h28-30H,3-11H2,1-2H3,(H,18,24)(H,19,27)(H,25,26)/t17-/m0/s1. The van der Waals surface area contributed by atoms with Crippen molar-refractivity contribution in [1.29, 1.82) is 0 Å². The van der Waals surface area contributed by atoms with E-state index in [1.54, 1.807) is 0 Å². The number of carboxylic acid groups (broad SMARTS) is 1. The highest BCUT2D eigenvalue weighted by Crippen LogP contribution is 2.16. The molecule has 0 rings (SSSR count). The van der Waals surface area contributed by atoms with E-state index in [2.05, 4.69) is 10.6 Å². The molecule has 0 aromatic heterocycles. The van der Waals surface area contributed by atoms with E-state index in [1.807, 2.05) is 0 Å². The summed E-state index contributed by atoms with van der Waals surface area (Å²) in [5.74, 6) is -4.39. The summed E-state index contributed by atoms with van der Waals surface area (Å²) in [7, 11) is 0. The van der Waals surface area contributed by atoms with E-state index in [9.17, 15) is 39.5 Å². The van der Waals surface area contributed by atoms with Crippen LogP contribution in [0, 0.1) is 0 Å². The quantitative estimate of drug-likeness (QED) is 0.107. The van der Waals surface area contributed by atoms with E-state index in [0.717, 1.165) is 6.92 Å². The number of carbonyl (C=O) groups excluding carboxylic acids is 4. The van der Waals surface area contributed by atoms with Crippen LogP contribution in [0.25, 0.3) is 0 Å². The van der Waals surface area contributed by atoms with Crippen molar-refractivity contribution in [3.05, 3.63) is 0 Å². The van der Waals surface area contributed by atoms with Crippen molar-refractivity contribution in [2.24, 2.45) is 0 Å². The summed E-state index contributed by atoms with van der Waals surface area (Å²) < 4.78 is 0. The minimum Gasteiger partial charge on any atom is -0.481 e. The molecule has 4 amide bonds. The molecular weight excluding hydrogens is 404 g/mol. The molecule has 0 aliphatic carbocycles. The van der Waals surface area contributed by atoms with Gasteiger partial charge in [0, 0.05) is 33.5 Å². The highest BCUT2D eigenvalue weighted by Gasteiger charge is 2.40. The average molecular weight is 434 g/mol. The Kier molecular flexibility index (Phi) is 12.2. The average Bonchev–Trinajstić information content (AvgIpc) is 2.63. The van der Waals surface area contributed by atoms with Gasteiger partial charge in [0.2, 0.25) is 17.7 Å². The third-order valence-corrected chi connectivity index (χ3v) is 4.00. The second-order valence-electron chi connectivity index (χ2n) is 6.73. The lowest BCUT2D eigenvalue weighted by Crippen LogP contribution is -2.51. The molecule has 0 bridgehead atoms. The fourth-order valence-electron chi connectivity index (χ4n) is 2.33. The van der Waals surface area contributed by atoms with Gasteiger partial charge in [-0.1, -0.05) is 0 Å². The van der Waals surface area contributed by atoms with E-state index < -0.39 is 48.0 Å². The van der Waals surface area contributed by atoms with Crippen LogP contribution in [0.3, 0.4) is 0 Å². The molecule has 0 aromatic carbocycles. The van der Waals surface area contributed by atoms with Crippen LogP contribution in [0.4, 0.5) is 0 Å². The molecule has 0 spiro atoms. The Morgan fingerprint density at radius 3 is 1.80 bits per heavy atom. The molecule has 1 atom stereocenters. The van der Waals surface area contributed by atoms with E-state index in [0.29, 0.717) is 23.0 Å². The van der Waals surface area contributed by atoms with Crippen molar-refractivity contribution >= 4 is 29.6 Å². The van der Waals surface area contributed by atoms with Crippen LogP contribution < -0.4 is 10.6 Å². The smallest absolute Gasteiger partial charge is 0.306 e. The van der Waals surface area contributed by atoms with E-state index in [-0.39, 0.29) is 32.6 Å². The van der Waals surface area contributed by atoms with Gasteiger partial charge < -0.3 is 20.8 Å². The largest absolute Gasteiger partial charge is 0.481 e. The van der Waals surface area contributed by atoms with Crippen LogP contribution in [-0.2, 0) is 24.0 Å². The monoisotopic (exact) mass is 434 g/mol. The van der Waals surface area contributed by atoms with Crippen LogP contribution in [0.2, 0.25) is 0 Å². The summed E-state index contributed by atoms with van der Waals surface area (Å²) in [5, 5.41) is 43.5. The highest BCUT2D eigenvalue weighted by atomic mass is 16.5. The van der Waals surface area contributed by atoms with Gasteiger partial charge in [-0.05, 0) is 19.3 Å². The van der Waals surface area contributed by atoms with Gasteiger partial charge in [0.15, 0.2) is 5.60 Å². The second kappa shape index (κ2) is 13.5. The summed E-state index contributed by atoms with van der Waals surface area (Å²) in [6, 6.07) is 0. The minimum atomic E-state index is -2.47. The lowest BCUT2D eigenvalue weighted by Gasteiger charge is -2.25. The number of hydrogen-bond donors (Lipinski definition) is 6. The highest BCUT2D eigenvalue weighted by molar-refractivity contribution is 5.94. The van der Waals surface area contributed by atoms with Crippen LogP contribution in [0.15, 0.2) is 0 Å². The van der Waals surface area contributed by atoms with Gasteiger partial charge in [0.05, 0.1) is 19.4 Å². The zero-order valence-corrected chi connectivity index (χ0v) is 17.1. The first-order valence-electron chi connectivity index (χ1n) is 9.32. The third kappa shape index (κ3) is 11.3. The third-order valence-electron chi connectivity index (χ3n) is 4.00. The lowest BCUT2D eigenvalue weighted by molar-refractivity contribution is -0.163. The van der Waals surface area contributed by atoms with Gasteiger partial charge in [-0.3, -0.25) is 34.4 Å². The minimum absolute atomic E-state index is 0.0295. The maximum Gasteiger partial charge on any atom is 0.306 e. The Balaban J connectivity index is 4.53. The van der Waals surface area contributed by atoms with Gasteiger partial charge in [-0.15, -0.1) is 0 Å². The van der Waals surface area contributed by atoms with Crippen molar-refractivity contribution < 1.29 is 44.6 Å². The fraction of sp³-hybridized carbons (Fsp3) is 0.706. The number of carboxylic acids is 1. The Labute approximate surface area is 173 Å². The number of hydroxylamine groups is 4. The number of rotatable bonds is 14. The number of aliphatic hydroxyl groups is 1. The van der Waals surface area contributed by atoms with E-state index >= 15 is 0 Å². The van der Waals surface area contributed by atoms with Crippen molar-refractivity contribution in [3.63, 3.8) is 0 Å². The summed E-state index contributed by atoms with van der Waals surface area (Å²) in [4.78, 5) is 57.0. The molecule has 0 unspecified atom stereocenters. The maximum absolute atomic E-state index is 12.2. The van der Waals surface area contributed by atoms with Gasteiger partial charge in [0.25, 0.3) is 5.91 Å². The molecule has 13 nitrogen and oxygen atoms in total. The van der Waals surface area contributed by atoms with Gasteiger partial charge >= 0.3 is 5.97 Å². The van der Waals surface area contributed by atoms with Crippen molar-refractivity contribution in [1.82, 2.24) is 20.8 Å². The second-order valence-corrected chi connectivity index (χ2v) is 6.73. The van der Waals surface area contributed by atoms with Gasteiger partial charge in [-0.2, -0.15) is 0 Å². The van der Waals surface area contributed by atoms with Gasteiger partial charge in [-0.25, -0.2) is 10.1 Å². The summed E-state index contributed by atoms with van der Waals surface area (Å²) in [6.07, 6.45) is -0.908. The number of carbonyl (C=O) groups is 5. The zero-order valence-electron chi connectivity index (χ0n) is 17.1. The number of nitrogens with zero attached hydrogens (tertiary/aromatic N) is 2. The molecule has 172 valence electrons. The van der Waals surface area contributed by atoms with Crippen molar-refractivity contribution in [2.45, 2.75) is 51.6 Å². The van der Waals surface area contributed by atoms with Gasteiger partial charge in [0.1, 0.15) is 0 Å². The lowest BCUT2D eigenvalue weighted by atomic mass is 9.93. The topological polar surface area (TPSA) is 197 Å². The Bertz CT molecular complexity index is 628. The number of aliphatic carboxylic acids is 1. The van der Waals surface area contributed by atoms with Crippen LogP contribution in [0.5, 0.6) is 0 Å². The van der Waals surface area contributed by atoms with Crippen molar-refractivity contribution in [2.75, 3.05) is 26.2 Å². The predicted octanol–water partition coefficient (Wildman–Crippen LogP) is -1.54. The van der Waals surface area contributed by atoms with E-state index in [1.165, 1.54) is 6.92 Å². The van der Waals surface area contributed by atoms with Crippen molar-refractivity contribution in [3.8, 4) is 0 Å². The Morgan fingerprint density at radius 1 is 0.800 bits per heavy atom. The predicted molar refractivity (Wildman–Crippen MR) is 100 cm³/mol. The fourth-order valence-corrected chi connectivity index (χ4v) is 2.33. The summed E-state index contributed by atoms with van der Waals surface area (Å²) in [5.41, 5.74) is -2.47. The normalized spacial score (nSPS) is 12.4. The zero-order chi connectivity index (χ0) is 23.3.